The van der Waals surface area contributed by atoms with Crippen molar-refractivity contribution >= 4 is 9.84 Å². The molecule has 2 atom stereocenters. The third kappa shape index (κ3) is 2.86. The maximum absolute atomic E-state index is 12.1. The highest BCUT2D eigenvalue weighted by Gasteiger charge is 2.32. The first-order valence-corrected chi connectivity index (χ1v) is 7.17. The summed E-state index contributed by atoms with van der Waals surface area (Å²) in [7, 11) is -1.66. The van der Waals surface area contributed by atoms with Gasteiger partial charge in [-0.1, -0.05) is 18.2 Å². The molecule has 0 aliphatic carbocycles. The molecular weight excluding hydrogens is 240 g/mol. The molecule has 0 saturated carbocycles. The van der Waals surface area contributed by atoms with Gasteiger partial charge in [-0.15, -0.1) is 0 Å². The lowest BCUT2D eigenvalue weighted by atomic mass is 10.1. The molecule has 1 heterocycles. The van der Waals surface area contributed by atoms with Gasteiger partial charge in [0.05, 0.1) is 30.0 Å². The van der Waals surface area contributed by atoms with Crippen molar-refractivity contribution in [3.63, 3.8) is 0 Å². The van der Waals surface area contributed by atoms with E-state index in [-0.39, 0.29) is 17.8 Å². The van der Waals surface area contributed by atoms with E-state index >= 15 is 0 Å². The van der Waals surface area contributed by atoms with Gasteiger partial charge < -0.3 is 9.47 Å². The van der Waals surface area contributed by atoms with E-state index in [0.717, 1.165) is 0 Å². The van der Waals surface area contributed by atoms with Gasteiger partial charge in [-0.05, 0) is 12.1 Å². The molecule has 2 rings (SSSR count). The molecule has 4 nitrogen and oxygen atoms in total. The van der Waals surface area contributed by atoms with Gasteiger partial charge in [-0.3, -0.25) is 0 Å². The fraction of sp³-hybridized carbons (Fsp3) is 0.500. The van der Waals surface area contributed by atoms with E-state index in [9.17, 15) is 8.42 Å². The van der Waals surface area contributed by atoms with Crippen molar-refractivity contribution in [1.82, 2.24) is 0 Å². The normalized spacial score (nSPS) is 25.0. The summed E-state index contributed by atoms with van der Waals surface area (Å²) in [6.45, 7) is 0.927. The lowest BCUT2D eigenvalue weighted by molar-refractivity contribution is 0.0702. The smallest absolute Gasteiger partial charge is 0.178 e. The minimum Gasteiger partial charge on any atom is -0.379 e. The summed E-state index contributed by atoms with van der Waals surface area (Å²) in [6, 6.07) is 8.49. The number of benzene rings is 1. The second-order valence-corrected chi connectivity index (χ2v) is 6.20. The van der Waals surface area contributed by atoms with Gasteiger partial charge in [0.25, 0.3) is 0 Å². The zero-order valence-corrected chi connectivity index (χ0v) is 10.5. The van der Waals surface area contributed by atoms with Crippen LogP contribution in [0.3, 0.4) is 0 Å². The molecule has 1 aliphatic rings. The molecule has 0 aromatic heterocycles. The molecule has 1 aromatic rings. The molecule has 0 spiro atoms. The van der Waals surface area contributed by atoms with Crippen LogP contribution in [0.2, 0.25) is 0 Å². The predicted octanol–water partition coefficient (Wildman–Crippen LogP) is 1.12. The first kappa shape index (κ1) is 12.5. The summed E-state index contributed by atoms with van der Waals surface area (Å²) in [5.74, 6) is 0.000376. The van der Waals surface area contributed by atoms with Gasteiger partial charge in [0, 0.05) is 13.0 Å². The number of hydrogen-bond acceptors (Lipinski definition) is 4. The quantitative estimate of drug-likeness (QED) is 0.810. The first-order chi connectivity index (χ1) is 8.13. The molecule has 1 aromatic carbocycles. The Kier molecular flexibility index (Phi) is 3.81. The number of rotatable bonds is 4. The van der Waals surface area contributed by atoms with Crippen LogP contribution in [0.4, 0.5) is 0 Å². The molecule has 0 radical (unpaired) electrons. The van der Waals surface area contributed by atoms with Crippen LogP contribution >= 0.6 is 0 Å². The molecule has 1 saturated heterocycles. The molecule has 1 fully saturated rings. The molecule has 0 unspecified atom stereocenters. The van der Waals surface area contributed by atoms with Crippen LogP contribution in [0.5, 0.6) is 0 Å². The third-order valence-corrected chi connectivity index (χ3v) is 4.84. The fourth-order valence-electron chi connectivity index (χ4n) is 2.00. The van der Waals surface area contributed by atoms with Crippen LogP contribution in [-0.2, 0) is 19.3 Å². The maximum Gasteiger partial charge on any atom is 0.178 e. The fourth-order valence-corrected chi connectivity index (χ4v) is 3.64. The Morgan fingerprint density at radius 2 is 2.00 bits per heavy atom. The van der Waals surface area contributed by atoms with Crippen molar-refractivity contribution < 1.29 is 17.9 Å². The number of hydrogen-bond donors (Lipinski definition) is 0. The number of sulfone groups is 1. The zero-order chi connectivity index (χ0) is 12.3. The van der Waals surface area contributed by atoms with Crippen LogP contribution < -0.4 is 0 Å². The number of methoxy groups -OCH3 is 1. The molecule has 0 bridgehead atoms. The molecule has 17 heavy (non-hydrogen) atoms. The van der Waals surface area contributed by atoms with Crippen molar-refractivity contribution in [2.75, 3.05) is 26.1 Å². The third-order valence-electron chi connectivity index (χ3n) is 2.98. The van der Waals surface area contributed by atoms with E-state index in [1.165, 1.54) is 0 Å². The van der Waals surface area contributed by atoms with E-state index in [1.54, 1.807) is 37.4 Å². The summed E-state index contributed by atoms with van der Waals surface area (Å²) >= 11 is 0. The Hall–Kier alpha value is -0.910. The zero-order valence-electron chi connectivity index (χ0n) is 9.70. The Balaban J connectivity index is 2.13. The summed E-state index contributed by atoms with van der Waals surface area (Å²) in [4.78, 5) is 0.363. The minimum absolute atomic E-state index is 0.0785. The lowest BCUT2D eigenvalue weighted by Crippen LogP contribution is -2.27. The maximum atomic E-state index is 12.1. The Bertz CT molecular complexity index is 455. The monoisotopic (exact) mass is 256 g/mol. The van der Waals surface area contributed by atoms with Gasteiger partial charge in [-0.25, -0.2) is 8.42 Å². The largest absolute Gasteiger partial charge is 0.379 e. The van der Waals surface area contributed by atoms with Crippen molar-refractivity contribution in [3.05, 3.63) is 30.3 Å². The van der Waals surface area contributed by atoms with Crippen molar-refractivity contribution in [2.45, 2.75) is 11.0 Å². The SMILES string of the molecule is CO[C@H]1COC[C@@H]1CS(=O)(=O)c1ccccc1. The van der Waals surface area contributed by atoms with E-state index in [4.69, 9.17) is 9.47 Å². The minimum atomic E-state index is -3.25. The van der Waals surface area contributed by atoms with Crippen LogP contribution in [0, 0.1) is 5.92 Å². The van der Waals surface area contributed by atoms with E-state index in [2.05, 4.69) is 0 Å². The summed E-state index contributed by atoms with van der Waals surface area (Å²) in [6.07, 6.45) is -0.117. The van der Waals surface area contributed by atoms with Crippen molar-refractivity contribution in [1.29, 1.82) is 0 Å². The van der Waals surface area contributed by atoms with Crippen LogP contribution in [0.1, 0.15) is 0 Å². The van der Waals surface area contributed by atoms with E-state index < -0.39 is 9.84 Å². The van der Waals surface area contributed by atoms with Crippen LogP contribution in [0.15, 0.2) is 35.2 Å². The highest BCUT2D eigenvalue weighted by molar-refractivity contribution is 7.91. The lowest BCUT2D eigenvalue weighted by Gasteiger charge is -2.15. The molecule has 0 amide bonds. The Labute approximate surface area is 101 Å². The molecular formula is C12H16O4S. The van der Waals surface area contributed by atoms with Crippen molar-refractivity contribution in [2.24, 2.45) is 5.92 Å². The predicted molar refractivity (Wildman–Crippen MR) is 63.6 cm³/mol. The Morgan fingerprint density at radius 1 is 1.29 bits per heavy atom. The summed E-state index contributed by atoms with van der Waals surface area (Å²) < 4.78 is 34.7. The summed E-state index contributed by atoms with van der Waals surface area (Å²) in [5.41, 5.74) is 0. The summed E-state index contributed by atoms with van der Waals surface area (Å²) in [5, 5.41) is 0. The highest BCUT2D eigenvalue weighted by Crippen LogP contribution is 2.21. The van der Waals surface area contributed by atoms with Gasteiger partial charge in [0.15, 0.2) is 9.84 Å². The van der Waals surface area contributed by atoms with Gasteiger partial charge in [0.2, 0.25) is 0 Å². The van der Waals surface area contributed by atoms with Crippen LogP contribution in [0.25, 0.3) is 0 Å². The standard InChI is InChI=1S/C12H16O4S/c1-15-12-8-16-7-10(12)9-17(13,14)11-5-3-2-4-6-11/h2-6,10,12H,7-9H2,1H3/t10-,12+/m1/s1. The average Bonchev–Trinajstić information content (AvgIpc) is 2.77. The van der Waals surface area contributed by atoms with E-state index in [0.29, 0.717) is 18.1 Å². The first-order valence-electron chi connectivity index (χ1n) is 5.52. The topological polar surface area (TPSA) is 52.6 Å². The second kappa shape index (κ2) is 5.16. The van der Waals surface area contributed by atoms with E-state index in [1.807, 2.05) is 0 Å². The average molecular weight is 256 g/mol. The van der Waals surface area contributed by atoms with Gasteiger partial charge in [-0.2, -0.15) is 0 Å². The highest BCUT2D eigenvalue weighted by atomic mass is 32.2. The second-order valence-electron chi connectivity index (χ2n) is 4.17. The Morgan fingerprint density at radius 3 is 2.65 bits per heavy atom. The molecule has 0 N–H and O–H groups in total. The molecule has 5 heteroatoms. The van der Waals surface area contributed by atoms with Gasteiger partial charge >= 0.3 is 0 Å². The number of ether oxygens (including phenoxy) is 2. The molecule has 94 valence electrons. The van der Waals surface area contributed by atoms with Crippen molar-refractivity contribution in [3.8, 4) is 0 Å². The molecule has 1 aliphatic heterocycles. The van der Waals surface area contributed by atoms with Crippen LogP contribution in [-0.4, -0.2) is 40.6 Å². The van der Waals surface area contributed by atoms with Gasteiger partial charge in [0.1, 0.15) is 0 Å².